The second kappa shape index (κ2) is 5.90. The van der Waals surface area contributed by atoms with E-state index in [0.29, 0.717) is 13.0 Å². The number of aromatic carboxylic acids is 1. The van der Waals surface area contributed by atoms with Crippen LogP contribution in [-0.2, 0) is 14.8 Å². The molecule has 110 valence electrons. The third kappa shape index (κ3) is 2.84. The van der Waals surface area contributed by atoms with Crippen LogP contribution in [0.2, 0.25) is 0 Å². The highest BCUT2D eigenvalue weighted by atomic mass is 32.2. The van der Waals surface area contributed by atoms with Crippen molar-refractivity contribution in [3.8, 4) is 0 Å². The SMILES string of the molecule is CCC1CN(S(=O)(=O)c2ccccc2C(=O)O)CCO1. The van der Waals surface area contributed by atoms with Gasteiger partial charge in [-0.05, 0) is 18.6 Å². The van der Waals surface area contributed by atoms with E-state index in [4.69, 9.17) is 9.84 Å². The molecule has 0 aromatic heterocycles. The molecule has 1 atom stereocenters. The van der Waals surface area contributed by atoms with Crippen LogP contribution in [0, 0.1) is 0 Å². The van der Waals surface area contributed by atoms with Crippen molar-refractivity contribution < 1.29 is 23.1 Å². The molecular formula is C13H17NO5S. The Morgan fingerprint density at radius 1 is 1.45 bits per heavy atom. The Hall–Kier alpha value is -1.44. The van der Waals surface area contributed by atoms with Gasteiger partial charge < -0.3 is 9.84 Å². The Bertz CT molecular complexity index is 599. The average Bonchev–Trinajstić information content (AvgIpc) is 2.47. The number of morpholine rings is 1. The smallest absolute Gasteiger partial charge is 0.337 e. The standard InChI is InChI=1S/C13H17NO5S/c1-2-10-9-14(7-8-19-10)20(17,18)12-6-4-3-5-11(12)13(15)16/h3-6,10H,2,7-9H2,1H3,(H,15,16). The number of carboxylic acid groups (broad SMARTS) is 1. The molecule has 1 fully saturated rings. The molecule has 1 aliphatic rings. The number of rotatable bonds is 4. The van der Waals surface area contributed by atoms with Crippen LogP contribution in [0.3, 0.4) is 0 Å². The molecule has 7 heteroatoms. The molecule has 0 spiro atoms. The molecule has 0 aliphatic carbocycles. The second-order valence-corrected chi connectivity index (χ2v) is 6.47. The first-order valence-electron chi connectivity index (χ1n) is 6.41. The minimum Gasteiger partial charge on any atom is -0.478 e. The molecule has 1 unspecified atom stereocenters. The van der Waals surface area contributed by atoms with Gasteiger partial charge in [-0.2, -0.15) is 4.31 Å². The molecular weight excluding hydrogens is 282 g/mol. The first-order valence-corrected chi connectivity index (χ1v) is 7.85. The average molecular weight is 299 g/mol. The van der Waals surface area contributed by atoms with Gasteiger partial charge in [0.1, 0.15) is 0 Å². The molecule has 1 saturated heterocycles. The highest BCUT2D eigenvalue weighted by Gasteiger charge is 2.32. The molecule has 6 nitrogen and oxygen atoms in total. The summed E-state index contributed by atoms with van der Waals surface area (Å²) >= 11 is 0. The van der Waals surface area contributed by atoms with Crippen LogP contribution in [0.4, 0.5) is 0 Å². The number of hydrogen-bond donors (Lipinski definition) is 1. The van der Waals surface area contributed by atoms with Gasteiger partial charge in [0.25, 0.3) is 0 Å². The number of carbonyl (C=O) groups is 1. The van der Waals surface area contributed by atoms with Crippen LogP contribution in [0.5, 0.6) is 0 Å². The predicted octanol–water partition coefficient (Wildman–Crippen LogP) is 1.18. The quantitative estimate of drug-likeness (QED) is 0.902. The van der Waals surface area contributed by atoms with Crippen molar-refractivity contribution in [1.29, 1.82) is 0 Å². The van der Waals surface area contributed by atoms with Gasteiger partial charge in [0.05, 0.1) is 23.2 Å². The monoisotopic (exact) mass is 299 g/mol. The molecule has 1 aromatic rings. The van der Waals surface area contributed by atoms with E-state index >= 15 is 0 Å². The van der Waals surface area contributed by atoms with E-state index in [0.717, 1.165) is 0 Å². The molecule has 1 N–H and O–H groups in total. The minimum atomic E-state index is -3.81. The summed E-state index contributed by atoms with van der Waals surface area (Å²) < 4.78 is 31.9. The van der Waals surface area contributed by atoms with E-state index in [-0.39, 0.29) is 29.7 Å². The Balaban J connectivity index is 2.38. The van der Waals surface area contributed by atoms with Crippen LogP contribution in [0.1, 0.15) is 23.7 Å². The zero-order valence-corrected chi connectivity index (χ0v) is 12.0. The van der Waals surface area contributed by atoms with E-state index in [1.54, 1.807) is 0 Å². The number of hydrogen-bond acceptors (Lipinski definition) is 4. The van der Waals surface area contributed by atoms with Crippen LogP contribution in [0.25, 0.3) is 0 Å². The normalized spacial score (nSPS) is 20.8. The fourth-order valence-electron chi connectivity index (χ4n) is 2.16. The Morgan fingerprint density at radius 2 is 2.15 bits per heavy atom. The van der Waals surface area contributed by atoms with Gasteiger partial charge in [0.15, 0.2) is 0 Å². The molecule has 1 aliphatic heterocycles. The summed E-state index contributed by atoms with van der Waals surface area (Å²) in [5.74, 6) is -1.25. The summed E-state index contributed by atoms with van der Waals surface area (Å²) in [7, 11) is -3.81. The lowest BCUT2D eigenvalue weighted by Crippen LogP contribution is -2.45. The molecule has 0 saturated carbocycles. The lowest BCUT2D eigenvalue weighted by Gasteiger charge is -2.31. The van der Waals surface area contributed by atoms with E-state index in [2.05, 4.69) is 0 Å². The number of nitrogens with zero attached hydrogens (tertiary/aromatic N) is 1. The van der Waals surface area contributed by atoms with Crippen molar-refractivity contribution in [2.45, 2.75) is 24.3 Å². The fraction of sp³-hybridized carbons (Fsp3) is 0.462. The van der Waals surface area contributed by atoms with Gasteiger partial charge in [-0.15, -0.1) is 0 Å². The summed E-state index contributed by atoms with van der Waals surface area (Å²) in [5.41, 5.74) is -0.202. The summed E-state index contributed by atoms with van der Waals surface area (Å²) in [4.78, 5) is 11.0. The van der Waals surface area contributed by atoms with Gasteiger partial charge in [-0.1, -0.05) is 19.1 Å². The van der Waals surface area contributed by atoms with Gasteiger partial charge in [-0.3, -0.25) is 0 Å². The second-order valence-electron chi connectivity index (χ2n) is 4.57. The fourth-order valence-corrected chi connectivity index (χ4v) is 3.80. The van der Waals surface area contributed by atoms with Crippen molar-refractivity contribution >= 4 is 16.0 Å². The molecule has 2 rings (SSSR count). The number of benzene rings is 1. The first-order chi connectivity index (χ1) is 9.46. The van der Waals surface area contributed by atoms with Gasteiger partial charge >= 0.3 is 5.97 Å². The van der Waals surface area contributed by atoms with Crippen molar-refractivity contribution in [2.24, 2.45) is 0 Å². The van der Waals surface area contributed by atoms with Crippen molar-refractivity contribution in [3.63, 3.8) is 0 Å². The Labute approximate surface area is 118 Å². The molecule has 0 amide bonds. The van der Waals surface area contributed by atoms with E-state index < -0.39 is 16.0 Å². The van der Waals surface area contributed by atoms with Crippen molar-refractivity contribution in [1.82, 2.24) is 4.31 Å². The summed E-state index contributed by atoms with van der Waals surface area (Å²) in [6, 6.07) is 5.66. The first kappa shape index (κ1) is 15.0. The van der Waals surface area contributed by atoms with Crippen molar-refractivity contribution in [3.05, 3.63) is 29.8 Å². The van der Waals surface area contributed by atoms with E-state index in [1.165, 1.54) is 28.6 Å². The minimum absolute atomic E-state index is 0.143. The van der Waals surface area contributed by atoms with Crippen LogP contribution in [0.15, 0.2) is 29.2 Å². The lowest BCUT2D eigenvalue weighted by molar-refractivity contribution is -0.00279. The summed E-state index contributed by atoms with van der Waals surface area (Å²) in [6.07, 6.45) is 0.572. The number of ether oxygens (including phenoxy) is 1. The maximum absolute atomic E-state index is 12.6. The largest absolute Gasteiger partial charge is 0.478 e. The van der Waals surface area contributed by atoms with Crippen molar-refractivity contribution in [2.75, 3.05) is 19.7 Å². The van der Waals surface area contributed by atoms with Crippen LogP contribution >= 0.6 is 0 Å². The molecule has 1 heterocycles. The zero-order chi connectivity index (χ0) is 14.8. The highest BCUT2D eigenvalue weighted by Crippen LogP contribution is 2.22. The zero-order valence-electron chi connectivity index (χ0n) is 11.2. The predicted molar refractivity (Wildman–Crippen MR) is 72.2 cm³/mol. The highest BCUT2D eigenvalue weighted by molar-refractivity contribution is 7.89. The van der Waals surface area contributed by atoms with Crippen LogP contribution < -0.4 is 0 Å². The number of sulfonamides is 1. The van der Waals surface area contributed by atoms with Gasteiger partial charge in [0, 0.05) is 13.1 Å². The number of carboxylic acids is 1. The van der Waals surface area contributed by atoms with Gasteiger partial charge in [0.2, 0.25) is 10.0 Å². The molecule has 0 bridgehead atoms. The molecule has 20 heavy (non-hydrogen) atoms. The lowest BCUT2D eigenvalue weighted by atomic mass is 10.2. The topological polar surface area (TPSA) is 83.9 Å². The third-order valence-corrected chi connectivity index (χ3v) is 5.22. The van der Waals surface area contributed by atoms with E-state index in [9.17, 15) is 13.2 Å². The van der Waals surface area contributed by atoms with Crippen LogP contribution in [-0.4, -0.2) is 49.6 Å². The maximum Gasteiger partial charge on any atom is 0.337 e. The Morgan fingerprint density at radius 3 is 2.80 bits per heavy atom. The third-order valence-electron chi connectivity index (χ3n) is 3.29. The summed E-state index contributed by atoms with van der Waals surface area (Å²) in [5, 5.41) is 9.12. The van der Waals surface area contributed by atoms with E-state index in [1.807, 2.05) is 6.92 Å². The maximum atomic E-state index is 12.6. The summed E-state index contributed by atoms with van der Waals surface area (Å²) in [6.45, 7) is 2.75. The van der Waals surface area contributed by atoms with Gasteiger partial charge in [-0.25, -0.2) is 13.2 Å². The Kier molecular flexibility index (Phi) is 4.42. The molecule has 1 aromatic carbocycles. The molecule has 0 radical (unpaired) electrons.